The predicted molar refractivity (Wildman–Crippen MR) is 121 cm³/mol. The lowest BCUT2D eigenvalue weighted by Crippen LogP contribution is -2.30. The molecule has 1 atom stereocenters. The highest BCUT2D eigenvalue weighted by Crippen LogP contribution is 2.40. The van der Waals surface area contributed by atoms with Crippen LogP contribution in [-0.2, 0) is 5.60 Å². The molecule has 0 spiro atoms. The van der Waals surface area contributed by atoms with E-state index < -0.39 is 5.60 Å². The van der Waals surface area contributed by atoms with Gasteiger partial charge in [0.25, 0.3) is 0 Å². The molecule has 0 fully saturated rings. The maximum atomic E-state index is 12.2. The van der Waals surface area contributed by atoms with Crippen LogP contribution < -0.4 is 0 Å². The number of hydrogen-bond donors (Lipinski definition) is 1. The van der Waals surface area contributed by atoms with Gasteiger partial charge in [-0.25, -0.2) is 0 Å². The first kappa shape index (κ1) is 18.2. The predicted octanol–water partition coefficient (Wildman–Crippen LogP) is 5.44. The molecule has 1 N–H and O–H groups in total. The number of rotatable bonds is 4. The quantitative estimate of drug-likeness (QED) is 0.417. The summed E-state index contributed by atoms with van der Waals surface area (Å²) in [5.74, 6) is 2.71. The third-order valence-corrected chi connectivity index (χ3v) is 5.60. The molecule has 0 saturated heterocycles. The zero-order valence-electron chi connectivity index (χ0n) is 16.4. The molecule has 5 rings (SSSR count). The molecule has 1 unspecified atom stereocenters. The van der Waals surface area contributed by atoms with E-state index in [1.807, 2.05) is 78.9 Å². The molecule has 3 heteroatoms. The van der Waals surface area contributed by atoms with E-state index in [-0.39, 0.29) is 6.42 Å². The van der Waals surface area contributed by atoms with Crippen molar-refractivity contribution in [2.45, 2.75) is 12.0 Å². The first-order valence-electron chi connectivity index (χ1n) is 9.89. The number of benzene rings is 3. The Bertz CT molecular complexity index is 1390. The summed E-state index contributed by atoms with van der Waals surface area (Å²) in [5.41, 5.74) is 2.93. The number of para-hydroxylation sites is 3. The molecule has 0 radical (unpaired) electrons. The normalized spacial score (nSPS) is 13.2. The van der Waals surface area contributed by atoms with Crippen LogP contribution in [0.15, 0.2) is 97.2 Å². The van der Waals surface area contributed by atoms with E-state index in [0.717, 1.165) is 38.8 Å². The van der Waals surface area contributed by atoms with Gasteiger partial charge in [-0.3, -0.25) is 4.98 Å². The van der Waals surface area contributed by atoms with E-state index in [1.165, 1.54) is 0 Å². The van der Waals surface area contributed by atoms with Gasteiger partial charge in [-0.15, -0.1) is 12.3 Å². The third-order valence-electron chi connectivity index (χ3n) is 5.60. The van der Waals surface area contributed by atoms with Crippen molar-refractivity contribution in [1.82, 2.24) is 9.55 Å². The average Bonchev–Trinajstić information content (AvgIpc) is 3.20. The van der Waals surface area contributed by atoms with Crippen molar-refractivity contribution in [3.8, 4) is 18.0 Å². The number of aromatic nitrogens is 2. The molecular weight excluding hydrogens is 368 g/mol. The first-order valence-corrected chi connectivity index (χ1v) is 9.89. The summed E-state index contributed by atoms with van der Waals surface area (Å²) in [6.07, 6.45) is 7.66. The van der Waals surface area contributed by atoms with E-state index in [2.05, 4.69) is 27.6 Å². The molecule has 3 aromatic carbocycles. The van der Waals surface area contributed by atoms with Crippen LogP contribution in [0.25, 0.3) is 27.5 Å². The van der Waals surface area contributed by atoms with Gasteiger partial charge in [0.15, 0.2) is 0 Å². The highest BCUT2D eigenvalue weighted by molar-refractivity contribution is 5.86. The summed E-state index contributed by atoms with van der Waals surface area (Å²) in [5, 5.41) is 14.1. The van der Waals surface area contributed by atoms with Gasteiger partial charge >= 0.3 is 0 Å². The molecule has 0 amide bonds. The van der Waals surface area contributed by atoms with E-state index >= 15 is 0 Å². The Balaban J connectivity index is 1.88. The molecule has 0 saturated carbocycles. The van der Waals surface area contributed by atoms with Crippen LogP contribution in [0.3, 0.4) is 0 Å². The second kappa shape index (κ2) is 7.18. The number of fused-ring (bicyclic) bond motifs is 2. The minimum Gasteiger partial charge on any atom is -0.378 e. The molecule has 144 valence electrons. The number of pyridine rings is 1. The van der Waals surface area contributed by atoms with E-state index in [9.17, 15) is 5.11 Å². The van der Waals surface area contributed by atoms with Gasteiger partial charge in [0.1, 0.15) is 5.60 Å². The summed E-state index contributed by atoms with van der Waals surface area (Å²) in [7, 11) is 0. The van der Waals surface area contributed by atoms with Crippen molar-refractivity contribution in [3.05, 3.63) is 108 Å². The molecule has 0 aliphatic rings. The van der Waals surface area contributed by atoms with Gasteiger partial charge in [0, 0.05) is 34.6 Å². The Morgan fingerprint density at radius 3 is 2.47 bits per heavy atom. The molecule has 2 aromatic heterocycles. The summed E-state index contributed by atoms with van der Waals surface area (Å²) in [6, 6.07) is 29.9. The minimum absolute atomic E-state index is 0.143. The Labute approximate surface area is 175 Å². The molecule has 0 aliphatic heterocycles. The second-order valence-corrected chi connectivity index (χ2v) is 7.38. The lowest BCUT2D eigenvalue weighted by Gasteiger charge is -2.30. The van der Waals surface area contributed by atoms with Gasteiger partial charge in [-0.1, -0.05) is 54.6 Å². The molecule has 30 heavy (non-hydrogen) atoms. The SMILES string of the molecule is C#CCC(O)(c1ccnc2ccccc12)c1cc2ccccc2n1-c1ccccc1. The number of aliphatic hydroxyl groups is 1. The first-order chi connectivity index (χ1) is 14.7. The molecule has 2 heterocycles. The van der Waals surface area contributed by atoms with Crippen molar-refractivity contribution in [2.24, 2.45) is 0 Å². The van der Waals surface area contributed by atoms with E-state index in [4.69, 9.17) is 6.42 Å². The van der Waals surface area contributed by atoms with E-state index in [1.54, 1.807) is 6.20 Å². The highest BCUT2D eigenvalue weighted by Gasteiger charge is 2.36. The monoisotopic (exact) mass is 388 g/mol. The van der Waals surface area contributed by atoms with Crippen LogP contribution in [0, 0.1) is 12.3 Å². The van der Waals surface area contributed by atoms with Gasteiger partial charge in [0.2, 0.25) is 0 Å². The Hall–Kier alpha value is -3.87. The Kier molecular flexibility index (Phi) is 4.35. The number of nitrogens with zero attached hydrogens (tertiary/aromatic N) is 2. The smallest absolute Gasteiger partial charge is 0.141 e. The van der Waals surface area contributed by atoms with Gasteiger partial charge in [0.05, 0.1) is 16.7 Å². The maximum Gasteiger partial charge on any atom is 0.141 e. The largest absolute Gasteiger partial charge is 0.378 e. The fourth-order valence-electron chi connectivity index (χ4n) is 4.24. The second-order valence-electron chi connectivity index (χ2n) is 7.38. The van der Waals surface area contributed by atoms with E-state index in [0.29, 0.717) is 0 Å². The zero-order valence-corrected chi connectivity index (χ0v) is 16.4. The van der Waals surface area contributed by atoms with Gasteiger partial charge < -0.3 is 9.67 Å². The van der Waals surface area contributed by atoms with Crippen LogP contribution >= 0.6 is 0 Å². The van der Waals surface area contributed by atoms with Crippen LogP contribution in [0.5, 0.6) is 0 Å². The van der Waals surface area contributed by atoms with Crippen molar-refractivity contribution in [2.75, 3.05) is 0 Å². The van der Waals surface area contributed by atoms with Crippen molar-refractivity contribution >= 4 is 21.8 Å². The average molecular weight is 388 g/mol. The fourth-order valence-corrected chi connectivity index (χ4v) is 4.24. The van der Waals surface area contributed by atoms with Crippen molar-refractivity contribution in [3.63, 3.8) is 0 Å². The van der Waals surface area contributed by atoms with Crippen LogP contribution in [0.1, 0.15) is 17.7 Å². The fraction of sp³-hybridized carbons (Fsp3) is 0.0741. The Morgan fingerprint density at radius 2 is 1.63 bits per heavy atom. The molecule has 0 aliphatic carbocycles. The number of hydrogen-bond acceptors (Lipinski definition) is 2. The Morgan fingerprint density at radius 1 is 0.900 bits per heavy atom. The zero-order chi connectivity index (χ0) is 20.6. The van der Waals surface area contributed by atoms with Crippen LogP contribution in [0.4, 0.5) is 0 Å². The maximum absolute atomic E-state index is 12.2. The summed E-state index contributed by atoms with van der Waals surface area (Å²) in [6.45, 7) is 0. The lowest BCUT2D eigenvalue weighted by atomic mass is 9.85. The molecular formula is C27H20N2O. The molecule has 3 nitrogen and oxygen atoms in total. The van der Waals surface area contributed by atoms with Crippen molar-refractivity contribution in [1.29, 1.82) is 0 Å². The standard InChI is InChI=1S/C27H20N2O/c1-2-17-27(30,23-16-18-28-24-14-8-7-13-22(23)24)26-19-20-10-6-9-15-25(20)29(26)21-11-4-3-5-12-21/h1,3-16,18-19,30H,17H2. The van der Waals surface area contributed by atoms with Gasteiger partial charge in [-0.05, 0) is 36.4 Å². The summed E-state index contributed by atoms with van der Waals surface area (Å²) < 4.78 is 2.10. The summed E-state index contributed by atoms with van der Waals surface area (Å²) in [4.78, 5) is 4.46. The minimum atomic E-state index is -1.38. The topological polar surface area (TPSA) is 38.1 Å². The third kappa shape index (κ3) is 2.78. The molecule has 0 bridgehead atoms. The van der Waals surface area contributed by atoms with Crippen LogP contribution in [-0.4, -0.2) is 14.7 Å². The molecule has 5 aromatic rings. The number of terminal acetylenes is 1. The summed E-state index contributed by atoms with van der Waals surface area (Å²) >= 11 is 0. The lowest BCUT2D eigenvalue weighted by molar-refractivity contribution is 0.0819. The van der Waals surface area contributed by atoms with Crippen LogP contribution in [0.2, 0.25) is 0 Å². The highest BCUT2D eigenvalue weighted by atomic mass is 16.3. The van der Waals surface area contributed by atoms with Crippen molar-refractivity contribution < 1.29 is 5.11 Å². The van der Waals surface area contributed by atoms with Gasteiger partial charge in [-0.2, -0.15) is 0 Å².